The largest absolute Gasteiger partial charge is 0.342 e. The van der Waals surface area contributed by atoms with E-state index in [2.05, 4.69) is 49.2 Å². The average molecular weight is 338 g/mol. The Labute approximate surface area is 143 Å². The number of hydrogen-bond donors (Lipinski definition) is 1. The molecule has 2 aromatic carbocycles. The number of benzene rings is 2. The van der Waals surface area contributed by atoms with Crippen LogP contribution in [-0.2, 0) is 16.7 Å². The molecule has 0 bridgehead atoms. The molecule has 1 unspecified atom stereocenters. The van der Waals surface area contributed by atoms with Crippen molar-refractivity contribution in [3.63, 3.8) is 0 Å². The van der Waals surface area contributed by atoms with Gasteiger partial charge in [0.25, 0.3) is 0 Å². The van der Waals surface area contributed by atoms with Crippen LogP contribution >= 0.6 is 0 Å². The maximum atomic E-state index is 11.4. The van der Waals surface area contributed by atoms with E-state index in [4.69, 9.17) is 0 Å². The Kier molecular flexibility index (Phi) is 4.58. The van der Waals surface area contributed by atoms with Crippen molar-refractivity contribution < 1.29 is 8.42 Å². The van der Waals surface area contributed by atoms with E-state index in [1.165, 1.54) is 11.1 Å². The Morgan fingerprint density at radius 3 is 2.46 bits per heavy atom. The lowest BCUT2D eigenvalue weighted by Gasteiger charge is -2.18. The number of H-pyrrole nitrogens is 1. The molecule has 3 rings (SSSR count). The first-order chi connectivity index (χ1) is 11.5. The summed E-state index contributed by atoms with van der Waals surface area (Å²) in [5.41, 5.74) is 5.28. The van der Waals surface area contributed by atoms with Crippen molar-refractivity contribution in [1.82, 2.24) is 4.98 Å². The number of aromatic nitrogens is 1. The Balaban J connectivity index is 2.37. The standard InChI is InChI=1S/C20H20NO2S/c1-4-15-10-11-17(14(3)16-8-6-5-7-9-16)19-13(2)12-18(24(22)23)21-20(15)19/h5-11,14,21H,4H2,1-3H3. The van der Waals surface area contributed by atoms with E-state index in [9.17, 15) is 8.42 Å². The first-order valence-electron chi connectivity index (χ1n) is 8.07. The summed E-state index contributed by atoms with van der Waals surface area (Å²) in [6.45, 7) is 6.17. The number of pyridine rings is 1. The Morgan fingerprint density at radius 1 is 1.12 bits per heavy atom. The normalized spacial score (nSPS) is 12.3. The van der Waals surface area contributed by atoms with E-state index < -0.39 is 10.3 Å². The van der Waals surface area contributed by atoms with Crippen molar-refractivity contribution in [3.8, 4) is 0 Å². The summed E-state index contributed by atoms with van der Waals surface area (Å²) in [6, 6.07) is 17.6. The molecule has 0 saturated heterocycles. The molecule has 0 spiro atoms. The fraction of sp³-hybridized carbons (Fsp3) is 0.250. The first-order valence-corrected chi connectivity index (χ1v) is 9.15. The van der Waals surface area contributed by atoms with Gasteiger partial charge in [-0.2, -0.15) is 8.42 Å². The SMILES string of the molecule is CCc1ccc(C(C)c2ccccc2)c2c(C)[c]c(=S(=O)=O)[nH]c12. The highest BCUT2D eigenvalue weighted by Crippen LogP contribution is 2.33. The van der Waals surface area contributed by atoms with Gasteiger partial charge in [0.05, 0.1) is 5.52 Å². The smallest absolute Gasteiger partial charge is 0.238 e. The highest BCUT2D eigenvalue weighted by atomic mass is 32.2. The number of rotatable bonds is 3. The molecule has 0 aliphatic heterocycles. The second-order valence-electron chi connectivity index (χ2n) is 5.99. The van der Waals surface area contributed by atoms with Gasteiger partial charge in [-0.15, -0.1) is 0 Å². The third kappa shape index (κ3) is 2.89. The molecule has 24 heavy (non-hydrogen) atoms. The van der Waals surface area contributed by atoms with Crippen molar-refractivity contribution in [2.75, 3.05) is 0 Å². The average Bonchev–Trinajstić information content (AvgIpc) is 2.60. The molecule has 0 aliphatic rings. The Morgan fingerprint density at radius 2 is 1.83 bits per heavy atom. The number of aryl methyl sites for hydroxylation is 2. The quantitative estimate of drug-likeness (QED) is 0.720. The summed E-state index contributed by atoms with van der Waals surface area (Å²) < 4.78 is 22.9. The predicted octanol–water partition coefficient (Wildman–Crippen LogP) is 4.40. The zero-order chi connectivity index (χ0) is 17.3. The van der Waals surface area contributed by atoms with E-state index in [1.807, 2.05) is 25.1 Å². The highest BCUT2D eigenvalue weighted by molar-refractivity contribution is 7.63. The van der Waals surface area contributed by atoms with Crippen LogP contribution in [-0.4, -0.2) is 13.4 Å². The van der Waals surface area contributed by atoms with Gasteiger partial charge >= 0.3 is 0 Å². The van der Waals surface area contributed by atoms with Crippen molar-refractivity contribution >= 4 is 21.2 Å². The third-order valence-electron chi connectivity index (χ3n) is 4.55. The monoisotopic (exact) mass is 338 g/mol. The van der Waals surface area contributed by atoms with Crippen LogP contribution in [0.1, 0.15) is 42.0 Å². The van der Waals surface area contributed by atoms with Crippen LogP contribution in [0.2, 0.25) is 0 Å². The van der Waals surface area contributed by atoms with Gasteiger partial charge in [0.2, 0.25) is 10.3 Å². The van der Waals surface area contributed by atoms with Gasteiger partial charge in [0.1, 0.15) is 0 Å². The number of aromatic amines is 1. The minimum absolute atomic E-state index is 0.110. The van der Waals surface area contributed by atoms with Crippen LogP contribution in [0.5, 0.6) is 0 Å². The molecule has 4 heteroatoms. The summed E-state index contributed by atoms with van der Waals surface area (Å²) in [6.07, 6.45) is 0.835. The van der Waals surface area contributed by atoms with Gasteiger partial charge in [0, 0.05) is 17.4 Å². The summed E-state index contributed by atoms with van der Waals surface area (Å²) in [5.74, 6) is 0.212. The summed E-state index contributed by atoms with van der Waals surface area (Å²) in [4.78, 5) is 3.07. The molecule has 1 heterocycles. The van der Waals surface area contributed by atoms with E-state index >= 15 is 0 Å². The predicted molar refractivity (Wildman–Crippen MR) is 97.4 cm³/mol. The summed E-state index contributed by atoms with van der Waals surface area (Å²) >= 11 is 0. The molecule has 3 aromatic rings. The van der Waals surface area contributed by atoms with Crippen molar-refractivity contribution in [2.24, 2.45) is 0 Å². The molecule has 1 atom stereocenters. The lowest BCUT2D eigenvalue weighted by Crippen LogP contribution is -2.02. The maximum absolute atomic E-state index is 11.4. The van der Waals surface area contributed by atoms with Gasteiger partial charge in [-0.25, -0.2) is 0 Å². The van der Waals surface area contributed by atoms with Crippen LogP contribution < -0.4 is 0 Å². The molecule has 3 nitrogen and oxygen atoms in total. The third-order valence-corrected chi connectivity index (χ3v) is 5.09. The molecule has 1 N–H and O–H groups in total. The van der Waals surface area contributed by atoms with Crippen molar-refractivity contribution in [3.05, 3.63) is 75.4 Å². The lowest BCUT2D eigenvalue weighted by molar-refractivity contribution is 0.624. The molecular formula is C20H20NO2S. The fourth-order valence-corrected chi connectivity index (χ4v) is 3.67. The van der Waals surface area contributed by atoms with E-state index in [1.54, 1.807) is 0 Å². The van der Waals surface area contributed by atoms with Crippen molar-refractivity contribution in [1.29, 1.82) is 0 Å². The van der Waals surface area contributed by atoms with Gasteiger partial charge in [-0.1, -0.05) is 56.3 Å². The summed E-state index contributed by atoms with van der Waals surface area (Å²) in [5, 5.41) is 1.07. The molecule has 0 fully saturated rings. The molecule has 0 aliphatic carbocycles. The number of hydrogen-bond acceptors (Lipinski definition) is 2. The highest BCUT2D eigenvalue weighted by Gasteiger charge is 2.15. The number of nitrogens with one attached hydrogen (secondary N) is 1. The van der Waals surface area contributed by atoms with Gasteiger partial charge in [0.15, 0.2) is 4.64 Å². The Hall–Kier alpha value is -2.33. The van der Waals surface area contributed by atoms with Gasteiger partial charge < -0.3 is 4.98 Å². The van der Waals surface area contributed by atoms with Gasteiger partial charge in [-0.05, 0) is 35.6 Å². The van der Waals surface area contributed by atoms with Crippen LogP contribution in [0.25, 0.3) is 10.9 Å². The van der Waals surface area contributed by atoms with E-state index in [0.29, 0.717) is 0 Å². The van der Waals surface area contributed by atoms with Crippen LogP contribution in [0.4, 0.5) is 0 Å². The van der Waals surface area contributed by atoms with Crippen LogP contribution in [0, 0.1) is 17.6 Å². The molecular weight excluding hydrogens is 318 g/mol. The topological polar surface area (TPSA) is 49.9 Å². The van der Waals surface area contributed by atoms with Gasteiger partial charge in [-0.3, -0.25) is 0 Å². The van der Waals surface area contributed by atoms with Crippen molar-refractivity contribution in [2.45, 2.75) is 33.1 Å². The Bertz CT molecular complexity index is 1060. The zero-order valence-corrected chi connectivity index (χ0v) is 14.9. The molecule has 0 amide bonds. The zero-order valence-electron chi connectivity index (χ0n) is 14.1. The second kappa shape index (κ2) is 6.65. The van der Waals surface area contributed by atoms with E-state index in [0.717, 1.165) is 28.5 Å². The molecule has 123 valence electrons. The van der Waals surface area contributed by atoms with E-state index in [-0.39, 0.29) is 10.6 Å². The molecule has 1 radical (unpaired) electrons. The van der Waals surface area contributed by atoms with Crippen LogP contribution in [0.3, 0.4) is 0 Å². The minimum Gasteiger partial charge on any atom is -0.342 e. The number of fused-ring (bicyclic) bond motifs is 1. The fourth-order valence-electron chi connectivity index (χ4n) is 3.25. The molecule has 0 saturated carbocycles. The first kappa shape index (κ1) is 16.5. The second-order valence-corrected chi connectivity index (χ2v) is 6.87. The minimum atomic E-state index is -2.32. The maximum Gasteiger partial charge on any atom is 0.238 e. The van der Waals surface area contributed by atoms with Crippen LogP contribution in [0.15, 0.2) is 42.5 Å². The molecule has 1 aromatic heterocycles. The lowest BCUT2D eigenvalue weighted by atomic mass is 9.87. The summed E-state index contributed by atoms with van der Waals surface area (Å²) in [7, 11) is -2.32.